The van der Waals surface area contributed by atoms with Gasteiger partial charge in [0, 0.05) is 0 Å². The van der Waals surface area contributed by atoms with E-state index in [9.17, 15) is 70.8 Å². The number of nitro benzene ring substituents is 3. The minimum Gasteiger partial charge on any atom is -0.258 e. The van der Waals surface area contributed by atoms with Crippen molar-refractivity contribution in [2.75, 3.05) is 26.7 Å². The Morgan fingerprint density at radius 2 is 0.778 bits per heavy atom. The summed E-state index contributed by atoms with van der Waals surface area (Å²) in [4.78, 5) is 71.4. The van der Waals surface area contributed by atoms with Crippen molar-refractivity contribution in [2.24, 2.45) is 0 Å². The van der Waals surface area contributed by atoms with Gasteiger partial charge in [-0.15, -0.1) is 0 Å². The van der Waals surface area contributed by atoms with Crippen LogP contribution in [-0.2, 0) is 0 Å². The molecule has 0 unspecified atom stereocenters. The molecule has 0 bridgehead atoms. The Morgan fingerprint density at radius 1 is 0.528 bits per heavy atom. The number of hydrazine groups is 4. The second-order valence-electron chi connectivity index (χ2n) is 6.42. The monoisotopic (exact) mass is 523 g/mol. The van der Waals surface area contributed by atoms with Crippen LogP contribution in [0.25, 0.3) is 0 Å². The molecule has 0 N–H and O–H groups in total. The van der Waals surface area contributed by atoms with Crippen molar-refractivity contribution < 1.29 is 34.9 Å². The molecule has 0 atom stereocenters. The van der Waals surface area contributed by atoms with Gasteiger partial charge in [0.2, 0.25) is 26.7 Å². The Hall–Kier alpha value is -5.78. The Morgan fingerprint density at radius 3 is 0.944 bits per heavy atom. The van der Waals surface area contributed by atoms with Gasteiger partial charge in [-0.2, -0.15) is 0 Å². The van der Waals surface area contributed by atoms with E-state index >= 15 is 0 Å². The lowest BCUT2D eigenvalue weighted by Gasteiger charge is -2.27. The maximum absolute atomic E-state index is 10.7. The summed E-state index contributed by atoms with van der Waals surface area (Å²) >= 11 is 0. The molecule has 1 aliphatic rings. The minimum atomic E-state index is -1.06. The van der Waals surface area contributed by atoms with E-state index in [-0.39, 0.29) is 25.6 Å². The average molecular weight is 523 g/mol. The first kappa shape index (κ1) is 28.3. The zero-order chi connectivity index (χ0) is 27.9. The number of nitro groups is 7. The molecule has 1 heterocycles. The molecule has 1 saturated heterocycles. The molecule has 0 saturated carbocycles. The SMILES string of the molecule is Cc1c([N+](=O)[O-])cc([N+](=O)[O-])cc1[N+](=O)[O-].O=[N+]([O-])N1CN([N+](=O)[O-])CN([N+](=O)[O-])CN([N+](=O)[O-])C1. The molecule has 196 valence electrons. The van der Waals surface area contributed by atoms with Gasteiger partial charge in [0.15, 0.2) is 20.1 Å². The van der Waals surface area contributed by atoms with Gasteiger partial charge in [0.25, 0.3) is 17.1 Å². The van der Waals surface area contributed by atoms with Crippen LogP contribution in [0.15, 0.2) is 12.1 Å². The van der Waals surface area contributed by atoms with Crippen LogP contribution in [0.2, 0.25) is 0 Å². The first-order chi connectivity index (χ1) is 16.6. The Bertz CT molecular complexity index is 987. The lowest BCUT2D eigenvalue weighted by Crippen LogP contribution is -2.59. The standard InChI is InChI=1S/C7H5N3O6.C4H8N8O8/c1-4-6(9(13)14)2-5(8(11)12)3-7(4)10(15)16;13-9(14)5-1-6(10(15)16)3-8(12(19)20)4-7(2-5)11(17)18/h2-3H,1H3;1-4H2. The van der Waals surface area contributed by atoms with E-state index in [1.807, 2.05) is 0 Å². The van der Waals surface area contributed by atoms with Crippen LogP contribution in [0.5, 0.6) is 0 Å². The van der Waals surface area contributed by atoms with E-state index in [4.69, 9.17) is 0 Å². The summed E-state index contributed by atoms with van der Waals surface area (Å²) in [7, 11) is 0. The zero-order valence-corrected chi connectivity index (χ0v) is 17.6. The first-order valence-electron chi connectivity index (χ1n) is 8.71. The summed E-state index contributed by atoms with van der Waals surface area (Å²) in [5.41, 5.74) is -2.16. The largest absolute Gasteiger partial charge is 0.286 e. The van der Waals surface area contributed by atoms with E-state index in [0.717, 1.165) is 0 Å². The van der Waals surface area contributed by atoms with Crippen LogP contribution in [0.3, 0.4) is 0 Å². The highest BCUT2D eigenvalue weighted by molar-refractivity contribution is 5.59. The van der Waals surface area contributed by atoms with Crippen LogP contribution in [0, 0.1) is 77.7 Å². The van der Waals surface area contributed by atoms with Crippen molar-refractivity contribution in [3.05, 3.63) is 88.5 Å². The molecular weight excluding hydrogens is 510 g/mol. The highest BCUT2D eigenvalue weighted by Crippen LogP contribution is 2.32. The predicted molar refractivity (Wildman–Crippen MR) is 106 cm³/mol. The van der Waals surface area contributed by atoms with Gasteiger partial charge in [0.05, 0.1) is 26.9 Å². The van der Waals surface area contributed by atoms with Gasteiger partial charge in [-0.05, 0) is 6.92 Å². The van der Waals surface area contributed by atoms with Crippen molar-refractivity contribution in [3.63, 3.8) is 0 Å². The second kappa shape index (κ2) is 11.4. The third-order valence-electron chi connectivity index (χ3n) is 4.17. The van der Waals surface area contributed by atoms with E-state index in [0.29, 0.717) is 12.1 Å². The van der Waals surface area contributed by atoms with Crippen LogP contribution in [0.4, 0.5) is 17.1 Å². The third-order valence-corrected chi connectivity index (χ3v) is 4.17. The molecule has 25 nitrogen and oxygen atoms in total. The van der Waals surface area contributed by atoms with Crippen LogP contribution < -0.4 is 0 Å². The molecule has 1 aliphatic heterocycles. The molecule has 1 aromatic carbocycles. The minimum absolute atomic E-state index is 0.197. The lowest BCUT2D eigenvalue weighted by atomic mass is 10.1. The predicted octanol–water partition coefficient (Wildman–Crippen LogP) is -0.476. The molecule has 0 aromatic heterocycles. The highest BCUT2D eigenvalue weighted by atomic mass is 16.7. The van der Waals surface area contributed by atoms with Crippen LogP contribution in [0.1, 0.15) is 5.56 Å². The number of hydrogen-bond donors (Lipinski definition) is 0. The second-order valence-corrected chi connectivity index (χ2v) is 6.42. The number of rotatable bonds is 7. The normalized spacial score (nSPS) is 13.5. The van der Waals surface area contributed by atoms with Crippen molar-refractivity contribution in [1.29, 1.82) is 0 Å². The number of non-ortho nitro benzene ring substituents is 1. The summed E-state index contributed by atoms with van der Waals surface area (Å²) < 4.78 is 0. The van der Waals surface area contributed by atoms with Gasteiger partial charge in [-0.3, -0.25) is 30.3 Å². The van der Waals surface area contributed by atoms with Gasteiger partial charge in [-0.1, -0.05) is 20.0 Å². The number of hydrogen-bond acceptors (Lipinski definition) is 14. The quantitative estimate of drug-likeness (QED) is 0.321. The molecule has 0 aliphatic carbocycles. The topological polar surface area (TPSA) is 315 Å². The van der Waals surface area contributed by atoms with Gasteiger partial charge >= 0.3 is 0 Å². The number of benzene rings is 1. The third kappa shape index (κ3) is 7.11. The highest BCUT2D eigenvalue weighted by Gasteiger charge is 2.39. The van der Waals surface area contributed by atoms with Crippen LogP contribution in [-0.4, -0.2) is 81.6 Å². The molecule has 2 rings (SSSR count). The summed E-state index contributed by atoms with van der Waals surface area (Å²) in [5.74, 6) is 0. The first-order valence-corrected chi connectivity index (χ1v) is 8.71. The maximum atomic E-state index is 10.7. The smallest absolute Gasteiger partial charge is 0.258 e. The van der Waals surface area contributed by atoms with Gasteiger partial charge in [-0.25, -0.2) is 40.5 Å². The van der Waals surface area contributed by atoms with Crippen molar-refractivity contribution in [2.45, 2.75) is 6.92 Å². The Kier molecular flexibility index (Phi) is 8.93. The fourth-order valence-corrected chi connectivity index (χ4v) is 2.50. The molecule has 0 spiro atoms. The molecule has 1 fully saturated rings. The Balaban J connectivity index is 0.000000369. The van der Waals surface area contributed by atoms with E-state index in [2.05, 4.69) is 0 Å². The molecule has 0 amide bonds. The summed E-state index contributed by atoms with van der Waals surface area (Å²) in [6.45, 7) is -2.63. The summed E-state index contributed by atoms with van der Waals surface area (Å²) in [6, 6.07) is 1.39. The van der Waals surface area contributed by atoms with Crippen molar-refractivity contribution in [3.8, 4) is 0 Å². The maximum Gasteiger partial charge on any atom is 0.286 e. The fourth-order valence-electron chi connectivity index (χ4n) is 2.50. The van der Waals surface area contributed by atoms with Gasteiger partial charge in [0.1, 0.15) is 5.56 Å². The molecule has 36 heavy (non-hydrogen) atoms. The lowest BCUT2D eigenvalue weighted by molar-refractivity contribution is -0.775. The molecule has 0 radical (unpaired) electrons. The van der Waals surface area contributed by atoms with Crippen LogP contribution >= 0.6 is 0 Å². The zero-order valence-electron chi connectivity index (χ0n) is 17.6. The van der Waals surface area contributed by atoms with E-state index in [1.54, 1.807) is 0 Å². The molecular formula is C11H13N11O14. The molecule has 1 aromatic rings. The Labute approximate surface area is 195 Å². The van der Waals surface area contributed by atoms with E-state index in [1.165, 1.54) is 6.92 Å². The molecule has 25 heteroatoms. The van der Waals surface area contributed by atoms with Crippen molar-refractivity contribution in [1.82, 2.24) is 20.0 Å². The average Bonchev–Trinajstić information content (AvgIpc) is 2.72. The van der Waals surface area contributed by atoms with Crippen molar-refractivity contribution >= 4 is 17.1 Å². The fraction of sp³-hybridized carbons (Fsp3) is 0.455. The summed E-state index contributed by atoms with van der Waals surface area (Å²) in [5, 5.41) is 70.7. The van der Waals surface area contributed by atoms with E-state index < -0.39 is 78.6 Å². The summed E-state index contributed by atoms with van der Waals surface area (Å²) in [6.07, 6.45) is 0. The van der Waals surface area contributed by atoms with Gasteiger partial charge < -0.3 is 0 Å². The number of nitrogens with zero attached hydrogens (tertiary/aromatic N) is 11.